The van der Waals surface area contributed by atoms with E-state index in [1.165, 1.54) is 24.3 Å². The number of benzene rings is 2. The predicted molar refractivity (Wildman–Crippen MR) is 111 cm³/mol. The number of sulfonamides is 1. The Labute approximate surface area is 175 Å². The van der Waals surface area contributed by atoms with Crippen molar-refractivity contribution in [2.45, 2.75) is 36.9 Å². The molecule has 2 unspecified atom stereocenters. The first kappa shape index (κ1) is 21.6. The van der Waals surface area contributed by atoms with Crippen LogP contribution in [0.5, 0.6) is 5.75 Å². The van der Waals surface area contributed by atoms with Gasteiger partial charge in [-0.2, -0.15) is 0 Å². The average molecular weight is 439 g/mol. The summed E-state index contributed by atoms with van der Waals surface area (Å²) in [5.74, 6) is 0.0348. The lowest BCUT2D eigenvalue weighted by molar-refractivity contribution is -0.122. The lowest BCUT2D eigenvalue weighted by Gasteiger charge is -2.16. The molecule has 3 rings (SSSR count). The molecule has 156 valence electrons. The molecule has 0 radical (unpaired) electrons. The number of halogens is 1. The second kappa shape index (κ2) is 9.58. The third-order valence-electron chi connectivity index (χ3n) is 4.47. The Balaban J connectivity index is 1.56. The van der Waals surface area contributed by atoms with Gasteiger partial charge >= 0.3 is 0 Å². The van der Waals surface area contributed by atoms with Crippen LogP contribution in [0.15, 0.2) is 53.4 Å². The Bertz CT molecular complexity index is 944. The molecule has 2 aromatic rings. The van der Waals surface area contributed by atoms with Crippen molar-refractivity contribution in [2.75, 3.05) is 18.5 Å². The Hall–Kier alpha value is -2.13. The number of ether oxygens (including phenoxy) is 2. The SMILES string of the molecule is CC(Oc1ccccc1Cl)C(=O)Nc1ccc(S(=O)(=O)NCC2CCCO2)cc1. The number of rotatable bonds is 8. The van der Waals surface area contributed by atoms with E-state index in [2.05, 4.69) is 10.0 Å². The number of para-hydroxylation sites is 1. The predicted octanol–water partition coefficient (Wildman–Crippen LogP) is 3.20. The summed E-state index contributed by atoms with van der Waals surface area (Å²) in [6, 6.07) is 12.8. The third kappa shape index (κ3) is 5.93. The van der Waals surface area contributed by atoms with Gasteiger partial charge in [-0.1, -0.05) is 23.7 Å². The molecule has 7 nitrogen and oxygen atoms in total. The molecule has 1 aliphatic rings. The van der Waals surface area contributed by atoms with Gasteiger partial charge in [-0.25, -0.2) is 13.1 Å². The van der Waals surface area contributed by atoms with E-state index < -0.39 is 16.1 Å². The second-order valence-electron chi connectivity index (χ2n) is 6.69. The summed E-state index contributed by atoms with van der Waals surface area (Å²) < 4.78 is 38.3. The number of carbonyl (C=O) groups is 1. The topological polar surface area (TPSA) is 93.7 Å². The molecule has 1 fully saturated rings. The van der Waals surface area contributed by atoms with Gasteiger partial charge in [0.25, 0.3) is 5.91 Å². The summed E-state index contributed by atoms with van der Waals surface area (Å²) in [5.41, 5.74) is 0.461. The quantitative estimate of drug-likeness (QED) is 0.660. The summed E-state index contributed by atoms with van der Waals surface area (Å²) >= 11 is 6.03. The molecule has 1 aliphatic heterocycles. The largest absolute Gasteiger partial charge is 0.479 e. The number of hydrogen-bond donors (Lipinski definition) is 2. The highest BCUT2D eigenvalue weighted by Gasteiger charge is 2.21. The molecule has 1 heterocycles. The highest BCUT2D eigenvalue weighted by atomic mass is 35.5. The zero-order chi connectivity index (χ0) is 20.9. The normalized spacial score (nSPS) is 17.7. The van der Waals surface area contributed by atoms with Gasteiger partial charge in [-0.15, -0.1) is 0 Å². The average Bonchev–Trinajstić information content (AvgIpc) is 3.22. The van der Waals surface area contributed by atoms with Crippen molar-refractivity contribution in [2.24, 2.45) is 0 Å². The zero-order valence-electron chi connectivity index (χ0n) is 15.9. The summed E-state index contributed by atoms with van der Waals surface area (Å²) in [6.45, 7) is 2.52. The molecule has 2 atom stereocenters. The number of amides is 1. The van der Waals surface area contributed by atoms with Crippen molar-refractivity contribution in [3.63, 3.8) is 0 Å². The number of hydrogen-bond acceptors (Lipinski definition) is 5. The third-order valence-corrected chi connectivity index (χ3v) is 6.22. The van der Waals surface area contributed by atoms with Crippen molar-refractivity contribution >= 4 is 33.2 Å². The summed E-state index contributed by atoms with van der Waals surface area (Å²) in [6.07, 6.45) is 0.927. The van der Waals surface area contributed by atoms with Crippen LogP contribution >= 0.6 is 11.6 Å². The van der Waals surface area contributed by atoms with E-state index in [0.717, 1.165) is 12.8 Å². The molecule has 2 aromatic carbocycles. The van der Waals surface area contributed by atoms with Crippen molar-refractivity contribution in [1.29, 1.82) is 0 Å². The fourth-order valence-corrected chi connectivity index (χ4v) is 4.08. The van der Waals surface area contributed by atoms with E-state index in [4.69, 9.17) is 21.1 Å². The van der Waals surface area contributed by atoms with Crippen molar-refractivity contribution in [1.82, 2.24) is 4.72 Å². The van der Waals surface area contributed by atoms with Crippen LogP contribution in [-0.2, 0) is 19.6 Å². The lowest BCUT2D eigenvalue weighted by atomic mass is 10.2. The van der Waals surface area contributed by atoms with Gasteiger partial charge < -0.3 is 14.8 Å². The van der Waals surface area contributed by atoms with Crippen LogP contribution in [-0.4, -0.2) is 39.7 Å². The van der Waals surface area contributed by atoms with E-state index in [-0.39, 0.29) is 23.5 Å². The maximum Gasteiger partial charge on any atom is 0.265 e. The number of nitrogens with one attached hydrogen (secondary N) is 2. The van der Waals surface area contributed by atoms with E-state index in [1.807, 2.05) is 0 Å². The summed E-state index contributed by atoms with van der Waals surface area (Å²) in [4.78, 5) is 12.5. The molecule has 9 heteroatoms. The van der Waals surface area contributed by atoms with Gasteiger partial charge in [-0.3, -0.25) is 4.79 Å². The Morgan fingerprint density at radius 3 is 2.62 bits per heavy atom. The Morgan fingerprint density at radius 2 is 1.97 bits per heavy atom. The molecular weight excluding hydrogens is 416 g/mol. The van der Waals surface area contributed by atoms with Gasteiger partial charge in [0.15, 0.2) is 6.10 Å². The van der Waals surface area contributed by atoms with Crippen molar-refractivity contribution in [3.05, 3.63) is 53.6 Å². The minimum Gasteiger partial charge on any atom is -0.479 e. The van der Waals surface area contributed by atoms with E-state index >= 15 is 0 Å². The van der Waals surface area contributed by atoms with E-state index in [9.17, 15) is 13.2 Å². The van der Waals surface area contributed by atoms with Gasteiger partial charge in [0.05, 0.1) is 16.0 Å². The standard InChI is InChI=1S/C20H23ClN2O5S/c1-14(28-19-7-3-2-6-18(19)21)20(24)23-15-8-10-17(11-9-15)29(25,26)22-13-16-5-4-12-27-16/h2-3,6-11,14,16,22H,4-5,12-13H2,1H3,(H,23,24). The minimum absolute atomic E-state index is 0.0806. The molecule has 29 heavy (non-hydrogen) atoms. The van der Waals surface area contributed by atoms with Crippen LogP contribution in [0, 0.1) is 0 Å². The van der Waals surface area contributed by atoms with Crippen LogP contribution < -0.4 is 14.8 Å². The van der Waals surface area contributed by atoms with Gasteiger partial charge in [0.1, 0.15) is 5.75 Å². The monoisotopic (exact) mass is 438 g/mol. The first-order valence-corrected chi connectivity index (χ1v) is 11.1. The van der Waals surface area contributed by atoms with Crippen molar-refractivity contribution in [3.8, 4) is 5.75 Å². The molecular formula is C20H23ClN2O5S. The van der Waals surface area contributed by atoms with Gasteiger partial charge in [0.2, 0.25) is 10.0 Å². The Kier molecular flexibility index (Phi) is 7.13. The van der Waals surface area contributed by atoms with Crippen LogP contribution in [0.2, 0.25) is 5.02 Å². The first-order valence-electron chi connectivity index (χ1n) is 9.28. The smallest absolute Gasteiger partial charge is 0.265 e. The molecule has 0 aliphatic carbocycles. The van der Waals surface area contributed by atoms with Crippen LogP contribution in [0.3, 0.4) is 0 Å². The molecule has 0 spiro atoms. The summed E-state index contributed by atoms with van der Waals surface area (Å²) in [7, 11) is -3.64. The highest BCUT2D eigenvalue weighted by molar-refractivity contribution is 7.89. The molecule has 2 N–H and O–H groups in total. The van der Waals surface area contributed by atoms with Gasteiger partial charge in [-0.05, 0) is 56.2 Å². The van der Waals surface area contributed by atoms with E-state index in [0.29, 0.717) is 23.1 Å². The summed E-state index contributed by atoms with van der Waals surface area (Å²) in [5, 5.41) is 3.11. The molecule has 0 bridgehead atoms. The lowest BCUT2D eigenvalue weighted by Crippen LogP contribution is -2.32. The van der Waals surface area contributed by atoms with Crippen molar-refractivity contribution < 1.29 is 22.7 Å². The molecule has 1 amide bonds. The molecule has 0 aromatic heterocycles. The first-order chi connectivity index (χ1) is 13.8. The Morgan fingerprint density at radius 1 is 1.24 bits per heavy atom. The maximum absolute atomic E-state index is 12.4. The zero-order valence-corrected chi connectivity index (χ0v) is 17.5. The molecule has 1 saturated heterocycles. The highest BCUT2D eigenvalue weighted by Crippen LogP contribution is 2.24. The minimum atomic E-state index is -3.64. The number of carbonyl (C=O) groups excluding carboxylic acids is 1. The van der Waals surface area contributed by atoms with Gasteiger partial charge in [0, 0.05) is 18.8 Å². The maximum atomic E-state index is 12.4. The molecule has 0 saturated carbocycles. The second-order valence-corrected chi connectivity index (χ2v) is 8.87. The fourth-order valence-electron chi connectivity index (χ4n) is 2.84. The van der Waals surface area contributed by atoms with Crippen LogP contribution in [0.4, 0.5) is 5.69 Å². The van der Waals surface area contributed by atoms with E-state index in [1.54, 1.807) is 31.2 Å². The fraction of sp³-hybridized carbons (Fsp3) is 0.350. The van der Waals surface area contributed by atoms with Crippen LogP contribution in [0.25, 0.3) is 0 Å². The van der Waals surface area contributed by atoms with Crippen LogP contribution in [0.1, 0.15) is 19.8 Å². The number of anilines is 1.